The molecule has 176 valence electrons. The average molecular weight is 510 g/mol. The molecule has 0 aliphatic heterocycles. The highest BCUT2D eigenvalue weighted by atomic mass is 35.5. The molecule has 7 nitrogen and oxygen atoms in total. The number of sulfonamides is 1. The third-order valence-corrected chi connectivity index (χ3v) is 8.31. The number of rotatable bonds is 10. The van der Waals surface area contributed by atoms with Crippen molar-refractivity contribution in [1.82, 2.24) is 4.72 Å². The van der Waals surface area contributed by atoms with Crippen LogP contribution in [0.1, 0.15) is 24.9 Å². The van der Waals surface area contributed by atoms with Gasteiger partial charge in [-0.05, 0) is 47.9 Å². The summed E-state index contributed by atoms with van der Waals surface area (Å²) in [6.45, 7) is 1.47. The Hall–Kier alpha value is -2.03. The fourth-order valence-electron chi connectivity index (χ4n) is 3.28. The van der Waals surface area contributed by atoms with Crippen molar-refractivity contribution in [3.05, 3.63) is 89.4 Å². The first-order chi connectivity index (χ1) is 15.6. The minimum atomic E-state index is -4.33. The van der Waals surface area contributed by atoms with Crippen LogP contribution in [0.5, 0.6) is 0 Å². The third kappa shape index (κ3) is 6.74. The van der Waals surface area contributed by atoms with Gasteiger partial charge in [0.2, 0.25) is 10.0 Å². The lowest BCUT2D eigenvalue weighted by molar-refractivity contribution is 0.161. The molecular weight excluding hydrogens is 485 g/mol. The van der Waals surface area contributed by atoms with Crippen molar-refractivity contribution < 1.29 is 27.5 Å². The molecule has 3 N–H and O–H groups in total. The molecule has 0 amide bonds. The Morgan fingerprint density at radius 3 is 2.06 bits per heavy atom. The zero-order chi connectivity index (χ0) is 24.1. The zero-order valence-corrected chi connectivity index (χ0v) is 20.3. The summed E-state index contributed by atoms with van der Waals surface area (Å²) in [5, 5.41) is 10.9. The van der Waals surface area contributed by atoms with E-state index in [1.165, 1.54) is 19.1 Å². The van der Waals surface area contributed by atoms with Crippen LogP contribution in [0.3, 0.4) is 0 Å². The summed E-state index contributed by atoms with van der Waals surface area (Å²) >= 11 is 5.92. The molecule has 0 aliphatic carbocycles. The lowest BCUT2D eigenvalue weighted by Crippen LogP contribution is -2.31. The van der Waals surface area contributed by atoms with Gasteiger partial charge in [0, 0.05) is 11.4 Å². The molecule has 0 bridgehead atoms. The summed E-state index contributed by atoms with van der Waals surface area (Å²) < 4.78 is 45.7. The Bertz CT molecular complexity index is 1200. The van der Waals surface area contributed by atoms with Gasteiger partial charge in [-0.1, -0.05) is 66.2 Å². The van der Waals surface area contributed by atoms with E-state index in [1.54, 1.807) is 54.6 Å². The van der Waals surface area contributed by atoms with Gasteiger partial charge in [-0.15, -0.1) is 0 Å². The standard InChI is InChI=1S/C23H25ClNO6PS/c1-2-31-32(27,28)23(26)16-22(19-6-4-3-5-7-19)25-33(29,30)21-14-10-18(11-15-21)17-8-12-20(24)13-9-17/h3-15,22-23,25-26H,2,16H2,1H3,(H,27,28). The summed E-state index contributed by atoms with van der Waals surface area (Å²) in [4.78, 5) is 9.97. The molecule has 3 rings (SSSR count). The number of benzene rings is 3. The van der Waals surface area contributed by atoms with Crippen molar-refractivity contribution in [2.45, 2.75) is 30.1 Å². The summed E-state index contributed by atoms with van der Waals surface area (Å²) in [7, 11) is -8.34. The molecule has 33 heavy (non-hydrogen) atoms. The van der Waals surface area contributed by atoms with E-state index >= 15 is 0 Å². The molecule has 10 heteroatoms. The molecule has 0 saturated heterocycles. The molecule has 3 atom stereocenters. The van der Waals surface area contributed by atoms with Crippen molar-refractivity contribution in [2.75, 3.05) is 6.61 Å². The van der Waals surface area contributed by atoms with Gasteiger partial charge < -0.3 is 14.5 Å². The molecule has 3 aromatic carbocycles. The van der Waals surface area contributed by atoms with E-state index in [4.69, 9.17) is 16.1 Å². The van der Waals surface area contributed by atoms with Gasteiger partial charge in [0.1, 0.15) is 0 Å². The average Bonchev–Trinajstić information content (AvgIpc) is 2.79. The Morgan fingerprint density at radius 1 is 0.970 bits per heavy atom. The topological polar surface area (TPSA) is 113 Å². The first kappa shape index (κ1) is 25.6. The SMILES string of the molecule is CCOP(=O)(O)C(O)CC(NS(=O)(=O)c1ccc(-c2ccc(Cl)cc2)cc1)c1ccccc1. The van der Waals surface area contributed by atoms with Crippen LogP contribution in [0.4, 0.5) is 0 Å². The van der Waals surface area contributed by atoms with Crippen LogP contribution >= 0.6 is 19.2 Å². The summed E-state index contributed by atoms with van der Waals surface area (Å²) in [6.07, 6.45) is -0.347. The van der Waals surface area contributed by atoms with Crippen molar-refractivity contribution in [2.24, 2.45) is 0 Å². The highest BCUT2D eigenvalue weighted by Gasteiger charge is 2.34. The predicted molar refractivity (Wildman–Crippen MR) is 128 cm³/mol. The maximum Gasteiger partial charge on any atom is 0.356 e. The van der Waals surface area contributed by atoms with Crippen LogP contribution in [-0.2, 0) is 19.1 Å². The smallest absolute Gasteiger partial charge is 0.356 e. The molecule has 0 aromatic heterocycles. The first-order valence-electron chi connectivity index (χ1n) is 10.2. The molecule has 0 radical (unpaired) electrons. The molecule has 3 aromatic rings. The van der Waals surface area contributed by atoms with E-state index in [0.29, 0.717) is 10.6 Å². The largest absolute Gasteiger partial charge is 0.380 e. The number of aliphatic hydroxyl groups excluding tert-OH is 1. The van der Waals surface area contributed by atoms with Gasteiger partial charge in [-0.3, -0.25) is 4.57 Å². The number of halogens is 1. The van der Waals surface area contributed by atoms with E-state index in [2.05, 4.69) is 4.72 Å². The van der Waals surface area contributed by atoms with Crippen LogP contribution in [0.2, 0.25) is 5.02 Å². The molecular formula is C23H25ClNO6PS. The van der Waals surface area contributed by atoms with Crippen LogP contribution < -0.4 is 4.72 Å². The van der Waals surface area contributed by atoms with Gasteiger partial charge in [0.15, 0.2) is 5.85 Å². The summed E-state index contributed by atoms with van der Waals surface area (Å²) in [6, 6.07) is 21.1. The maximum atomic E-state index is 13.1. The second kappa shape index (κ2) is 10.9. The second-order valence-electron chi connectivity index (χ2n) is 7.31. The minimum Gasteiger partial charge on any atom is -0.380 e. The Balaban J connectivity index is 1.85. The van der Waals surface area contributed by atoms with Crippen LogP contribution in [-0.4, -0.2) is 30.9 Å². The lowest BCUT2D eigenvalue weighted by atomic mass is 10.1. The van der Waals surface area contributed by atoms with Crippen LogP contribution in [0.15, 0.2) is 83.8 Å². The van der Waals surface area contributed by atoms with Gasteiger partial charge >= 0.3 is 7.60 Å². The molecule has 0 fully saturated rings. The number of hydrogen-bond donors (Lipinski definition) is 3. The van der Waals surface area contributed by atoms with Crippen molar-refractivity contribution >= 4 is 29.2 Å². The predicted octanol–water partition coefficient (Wildman–Crippen LogP) is 4.96. The van der Waals surface area contributed by atoms with Crippen LogP contribution in [0, 0.1) is 0 Å². The first-order valence-corrected chi connectivity index (χ1v) is 13.7. The fraction of sp³-hybridized carbons (Fsp3) is 0.217. The van der Waals surface area contributed by atoms with Crippen molar-refractivity contribution in [1.29, 1.82) is 0 Å². The lowest BCUT2D eigenvalue weighted by Gasteiger charge is -2.24. The molecule has 0 heterocycles. The minimum absolute atomic E-state index is 0.0209. The molecule has 3 unspecified atom stereocenters. The van der Waals surface area contributed by atoms with E-state index in [1.807, 2.05) is 12.1 Å². The van der Waals surface area contributed by atoms with E-state index < -0.39 is 29.5 Å². The number of nitrogens with one attached hydrogen (secondary N) is 1. The number of aliphatic hydroxyl groups is 1. The van der Waals surface area contributed by atoms with Gasteiger partial charge in [-0.25, -0.2) is 13.1 Å². The quantitative estimate of drug-likeness (QED) is 0.333. The van der Waals surface area contributed by atoms with Crippen LogP contribution in [0.25, 0.3) is 11.1 Å². The maximum absolute atomic E-state index is 13.1. The van der Waals surface area contributed by atoms with E-state index in [0.717, 1.165) is 11.1 Å². The van der Waals surface area contributed by atoms with E-state index in [-0.39, 0.29) is 17.9 Å². The Morgan fingerprint density at radius 2 is 1.52 bits per heavy atom. The normalized spacial score (nSPS) is 15.5. The molecule has 0 saturated carbocycles. The number of hydrogen-bond acceptors (Lipinski definition) is 5. The van der Waals surface area contributed by atoms with Crippen molar-refractivity contribution in [3.63, 3.8) is 0 Å². The van der Waals surface area contributed by atoms with Gasteiger partial charge in [0.25, 0.3) is 0 Å². The molecule has 0 spiro atoms. The van der Waals surface area contributed by atoms with Crippen molar-refractivity contribution in [3.8, 4) is 11.1 Å². The van der Waals surface area contributed by atoms with Gasteiger partial charge in [-0.2, -0.15) is 0 Å². The zero-order valence-electron chi connectivity index (χ0n) is 17.8. The fourth-order valence-corrected chi connectivity index (χ4v) is 5.66. The monoisotopic (exact) mass is 509 g/mol. The Kier molecular flexibility index (Phi) is 8.48. The van der Waals surface area contributed by atoms with Gasteiger partial charge in [0.05, 0.1) is 17.5 Å². The highest BCUT2D eigenvalue weighted by molar-refractivity contribution is 7.89. The summed E-state index contributed by atoms with van der Waals surface area (Å²) in [5.41, 5.74) is 2.24. The third-order valence-electron chi connectivity index (χ3n) is 4.98. The van der Waals surface area contributed by atoms with E-state index in [9.17, 15) is 23.0 Å². The molecule has 0 aliphatic rings. The Labute approximate surface area is 198 Å². The highest BCUT2D eigenvalue weighted by Crippen LogP contribution is 2.49. The second-order valence-corrected chi connectivity index (χ2v) is 11.4. The summed E-state index contributed by atoms with van der Waals surface area (Å²) in [5.74, 6) is -1.77.